The smallest absolute Gasteiger partial charge is 0.229 e. The number of hydrogen-bond acceptors (Lipinski definition) is 7. The van der Waals surface area contributed by atoms with Crippen molar-refractivity contribution >= 4 is 34.1 Å². The van der Waals surface area contributed by atoms with Crippen LogP contribution in [-0.4, -0.2) is 46.1 Å². The summed E-state index contributed by atoms with van der Waals surface area (Å²) in [4.78, 5) is 23.9. The summed E-state index contributed by atoms with van der Waals surface area (Å²) < 4.78 is 5.63. The highest BCUT2D eigenvalue weighted by Crippen LogP contribution is 2.35. The summed E-state index contributed by atoms with van der Waals surface area (Å²) >= 11 is 0. The van der Waals surface area contributed by atoms with E-state index < -0.39 is 0 Å². The number of aromatic amines is 1. The van der Waals surface area contributed by atoms with E-state index in [1.54, 1.807) is 13.3 Å². The number of rotatable bonds is 8. The number of methoxy groups -OCH3 is 1. The average Bonchev–Trinajstić information content (AvgIpc) is 3.37. The Labute approximate surface area is 204 Å². The Bertz CT molecular complexity index is 1370. The predicted octanol–water partition coefficient (Wildman–Crippen LogP) is 5.06. The molecule has 1 saturated heterocycles. The summed E-state index contributed by atoms with van der Waals surface area (Å²) in [6.45, 7) is 5.73. The number of carbonyl (C=O) groups is 1. The summed E-state index contributed by atoms with van der Waals surface area (Å²) in [6, 6.07) is 14.0. The third-order valence-electron chi connectivity index (χ3n) is 6.26. The summed E-state index contributed by atoms with van der Waals surface area (Å²) in [6.07, 6.45) is 7.03. The van der Waals surface area contributed by atoms with Crippen molar-refractivity contribution in [3.8, 4) is 17.0 Å². The van der Waals surface area contributed by atoms with Gasteiger partial charge in [0.25, 0.3) is 0 Å². The number of ether oxygens (including phenoxy) is 1. The SMILES string of the molecule is C=CC(=O)Cc1ccc(OC)c(-c2nc(Nc3cccc(N4CCCCC4)c3)nc3[nH]ncc23)c1. The molecule has 5 rings (SSSR count). The molecule has 1 fully saturated rings. The first-order chi connectivity index (χ1) is 17.1. The molecule has 2 aromatic carbocycles. The van der Waals surface area contributed by atoms with Crippen molar-refractivity contribution in [1.29, 1.82) is 0 Å². The van der Waals surface area contributed by atoms with Gasteiger partial charge in [0.15, 0.2) is 11.4 Å². The van der Waals surface area contributed by atoms with Crippen molar-refractivity contribution < 1.29 is 9.53 Å². The lowest BCUT2D eigenvalue weighted by Gasteiger charge is -2.29. The molecule has 0 atom stereocenters. The molecule has 8 nitrogen and oxygen atoms in total. The van der Waals surface area contributed by atoms with Gasteiger partial charge in [-0.05, 0) is 61.2 Å². The molecule has 0 spiro atoms. The molecular formula is C27H28N6O2. The van der Waals surface area contributed by atoms with Crippen molar-refractivity contribution in [3.63, 3.8) is 0 Å². The Morgan fingerprint density at radius 1 is 1.17 bits per heavy atom. The Kier molecular flexibility index (Phi) is 6.43. The van der Waals surface area contributed by atoms with Crippen LogP contribution in [0.1, 0.15) is 24.8 Å². The van der Waals surface area contributed by atoms with Gasteiger partial charge in [-0.2, -0.15) is 10.1 Å². The standard InChI is InChI=1S/C27H28N6O2/c1-3-21(34)14-18-10-11-24(35-2)22(15-18)25-23-17-28-32-26(23)31-27(30-25)29-19-8-7-9-20(16-19)33-12-5-4-6-13-33/h3,7-11,15-17H,1,4-6,12-14H2,2H3,(H2,28,29,30,31,32). The lowest BCUT2D eigenvalue weighted by molar-refractivity contribution is -0.114. The minimum absolute atomic E-state index is 0.0480. The van der Waals surface area contributed by atoms with Crippen LogP contribution in [0.5, 0.6) is 5.75 Å². The highest BCUT2D eigenvalue weighted by atomic mass is 16.5. The van der Waals surface area contributed by atoms with Crippen molar-refractivity contribution in [2.45, 2.75) is 25.7 Å². The summed E-state index contributed by atoms with van der Waals surface area (Å²) in [7, 11) is 1.62. The zero-order valence-electron chi connectivity index (χ0n) is 19.8. The molecule has 0 bridgehead atoms. The molecular weight excluding hydrogens is 440 g/mol. The number of ketones is 1. The number of carbonyl (C=O) groups excluding carboxylic acids is 1. The van der Waals surface area contributed by atoms with Crippen LogP contribution in [0, 0.1) is 0 Å². The van der Waals surface area contributed by atoms with Gasteiger partial charge in [-0.1, -0.05) is 18.7 Å². The van der Waals surface area contributed by atoms with E-state index in [4.69, 9.17) is 9.72 Å². The number of fused-ring (bicyclic) bond motifs is 1. The number of benzene rings is 2. The number of anilines is 3. The second kappa shape index (κ2) is 9.97. The highest BCUT2D eigenvalue weighted by molar-refractivity contribution is 5.94. The Hall–Kier alpha value is -4.20. The lowest BCUT2D eigenvalue weighted by atomic mass is 10.0. The fraction of sp³-hybridized carbons (Fsp3) is 0.259. The zero-order chi connectivity index (χ0) is 24.2. The van der Waals surface area contributed by atoms with Gasteiger partial charge in [-0.3, -0.25) is 9.89 Å². The molecule has 0 unspecified atom stereocenters. The molecule has 0 saturated carbocycles. The van der Waals surface area contributed by atoms with Gasteiger partial charge in [0.1, 0.15) is 5.75 Å². The number of H-pyrrole nitrogens is 1. The topological polar surface area (TPSA) is 96.0 Å². The quantitative estimate of drug-likeness (QED) is 0.349. The fourth-order valence-electron chi connectivity index (χ4n) is 4.48. The van der Waals surface area contributed by atoms with E-state index in [9.17, 15) is 4.79 Å². The number of allylic oxidation sites excluding steroid dienone is 1. The molecule has 1 aliphatic heterocycles. The molecule has 0 radical (unpaired) electrons. The van der Waals surface area contributed by atoms with Crippen LogP contribution in [0.15, 0.2) is 61.3 Å². The van der Waals surface area contributed by atoms with Crippen LogP contribution >= 0.6 is 0 Å². The van der Waals surface area contributed by atoms with E-state index in [0.717, 1.165) is 35.3 Å². The first kappa shape index (κ1) is 22.6. The van der Waals surface area contributed by atoms with Gasteiger partial charge in [0, 0.05) is 36.4 Å². The predicted molar refractivity (Wildman–Crippen MR) is 138 cm³/mol. The minimum Gasteiger partial charge on any atom is -0.496 e. The third kappa shape index (κ3) is 4.87. The molecule has 4 aromatic rings. The van der Waals surface area contributed by atoms with Crippen molar-refractivity contribution in [1.82, 2.24) is 20.2 Å². The van der Waals surface area contributed by atoms with E-state index in [0.29, 0.717) is 23.0 Å². The normalized spacial score (nSPS) is 13.6. The van der Waals surface area contributed by atoms with Crippen LogP contribution in [0.25, 0.3) is 22.3 Å². The maximum Gasteiger partial charge on any atom is 0.229 e. The van der Waals surface area contributed by atoms with Crippen LogP contribution in [0.4, 0.5) is 17.3 Å². The number of nitrogens with one attached hydrogen (secondary N) is 2. The Morgan fingerprint density at radius 3 is 2.83 bits per heavy atom. The Balaban J connectivity index is 1.52. The van der Waals surface area contributed by atoms with Gasteiger partial charge >= 0.3 is 0 Å². The minimum atomic E-state index is -0.0480. The fourth-order valence-corrected chi connectivity index (χ4v) is 4.48. The van der Waals surface area contributed by atoms with Gasteiger partial charge in [-0.25, -0.2) is 4.98 Å². The monoisotopic (exact) mass is 468 g/mol. The van der Waals surface area contributed by atoms with Crippen LogP contribution in [0.2, 0.25) is 0 Å². The van der Waals surface area contributed by atoms with E-state index in [1.807, 2.05) is 30.3 Å². The first-order valence-electron chi connectivity index (χ1n) is 11.8. The lowest BCUT2D eigenvalue weighted by Crippen LogP contribution is -2.29. The van der Waals surface area contributed by atoms with E-state index >= 15 is 0 Å². The van der Waals surface area contributed by atoms with Crippen molar-refractivity contribution in [2.75, 3.05) is 30.4 Å². The molecule has 2 N–H and O–H groups in total. The van der Waals surface area contributed by atoms with E-state index in [1.165, 1.54) is 31.0 Å². The summed E-state index contributed by atoms with van der Waals surface area (Å²) in [5.41, 5.74) is 5.00. The van der Waals surface area contributed by atoms with Gasteiger partial charge in [-0.15, -0.1) is 0 Å². The number of piperidine rings is 1. The summed E-state index contributed by atoms with van der Waals surface area (Å²) in [5.74, 6) is 1.05. The van der Waals surface area contributed by atoms with Crippen LogP contribution in [-0.2, 0) is 11.2 Å². The largest absolute Gasteiger partial charge is 0.496 e. The van der Waals surface area contributed by atoms with Gasteiger partial charge < -0.3 is 15.0 Å². The van der Waals surface area contributed by atoms with E-state index in [2.05, 4.69) is 44.1 Å². The maximum atomic E-state index is 12.0. The molecule has 0 aliphatic carbocycles. The number of aromatic nitrogens is 4. The number of hydrogen-bond donors (Lipinski definition) is 2. The van der Waals surface area contributed by atoms with Crippen molar-refractivity contribution in [3.05, 3.63) is 66.9 Å². The molecule has 178 valence electrons. The summed E-state index contributed by atoms with van der Waals surface area (Å²) in [5, 5.41) is 11.3. The first-order valence-corrected chi connectivity index (χ1v) is 11.8. The molecule has 2 aromatic heterocycles. The highest BCUT2D eigenvalue weighted by Gasteiger charge is 2.17. The average molecular weight is 469 g/mol. The third-order valence-corrected chi connectivity index (χ3v) is 6.26. The van der Waals surface area contributed by atoms with E-state index in [-0.39, 0.29) is 12.2 Å². The molecule has 35 heavy (non-hydrogen) atoms. The second-order valence-corrected chi connectivity index (χ2v) is 8.63. The second-order valence-electron chi connectivity index (χ2n) is 8.63. The van der Waals surface area contributed by atoms with Gasteiger partial charge in [0.05, 0.1) is 24.4 Å². The molecule has 1 aliphatic rings. The molecule has 8 heteroatoms. The molecule has 0 amide bonds. The maximum absolute atomic E-state index is 12.0. The van der Waals surface area contributed by atoms with Crippen molar-refractivity contribution in [2.24, 2.45) is 0 Å². The number of nitrogens with zero attached hydrogens (tertiary/aromatic N) is 4. The zero-order valence-corrected chi connectivity index (χ0v) is 19.8. The van der Waals surface area contributed by atoms with Gasteiger partial charge in [0.2, 0.25) is 5.95 Å². The Morgan fingerprint density at radius 2 is 2.03 bits per heavy atom. The molecule has 3 heterocycles. The van der Waals surface area contributed by atoms with Crippen LogP contribution < -0.4 is 15.0 Å². The van der Waals surface area contributed by atoms with Crippen LogP contribution in [0.3, 0.4) is 0 Å².